The third-order valence-corrected chi connectivity index (χ3v) is 2.63. The summed E-state index contributed by atoms with van der Waals surface area (Å²) in [4.78, 5) is 13.7. The van der Waals surface area contributed by atoms with Gasteiger partial charge in [-0.05, 0) is 12.8 Å². The second kappa shape index (κ2) is 6.53. The molecule has 0 aromatic carbocycles. The van der Waals surface area contributed by atoms with Crippen molar-refractivity contribution in [2.75, 3.05) is 24.4 Å². The molecular weight excluding hydrogens is 226 g/mol. The molecule has 1 aromatic rings. The molecular formula is C11H18ClN3O. The van der Waals surface area contributed by atoms with Gasteiger partial charge in [0.1, 0.15) is 0 Å². The predicted octanol–water partition coefficient (Wildman–Crippen LogP) is 1.72. The van der Waals surface area contributed by atoms with Crippen LogP contribution in [0.1, 0.15) is 19.8 Å². The fourth-order valence-corrected chi connectivity index (χ4v) is 1.59. The van der Waals surface area contributed by atoms with Crippen LogP contribution in [0.2, 0.25) is 0 Å². The minimum atomic E-state index is -0.0643. The van der Waals surface area contributed by atoms with Crippen LogP contribution >= 0.6 is 11.6 Å². The Balaban J connectivity index is 2.78. The average Bonchev–Trinajstić information content (AvgIpc) is 2.27. The van der Waals surface area contributed by atoms with Gasteiger partial charge in [0.25, 0.3) is 5.56 Å². The zero-order valence-electron chi connectivity index (χ0n) is 9.82. The molecule has 0 radical (unpaired) electrons. The molecule has 0 amide bonds. The molecule has 0 bridgehead atoms. The average molecular weight is 244 g/mol. The standard InChI is InChI=1S/C11H18ClN3O/c1-3-6-14(2)10-8-11(16)15(13-9-10)7-4-5-12/h8-9H,3-7H2,1-2H3. The molecule has 1 rings (SSSR count). The predicted molar refractivity (Wildman–Crippen MR) is 67.4 cm³/mol. The Labute approximate surface area is 101 Å². The fraction of sp³-hybridized carbons (Fsp3) is 0.636. The summed E-state index contributed by atoms with van der Waals surface area (Å²) in [7, 11) is 1.96. The monoisotopic (exact) mass is 243 g/mol. The topological polar surface area (TPSA) is 38.1 Å². The molecule has 0 aliphatic rings. The number of aromatic nitrogens is 2. The van der Waals surface area contributed by atoms with Crippen LogP contribution in [-0.4, -0.2) is 29.3 Å². The van der Waals surface area contributed by atoms with Gasteiger partial charge in [0.05, 0.1) is 11.9 Å². The van der Waals surface area contributed by atoms with Gasteiger partial charge in [0.2, 0.25) is 0 Å². The van der Waals surface area contributed by atoms with Crippen molar-refractivity contribution in [2.24, 2.45) is 0 Å². The molecule has 0 atom stereocenters. The molecule has 4 nitrogen and oxygen atoms in total. The molecule has 0 fully saturated rings. The summed E-state index contributed by atoms with van der Waals surface area (Å²) >= 11 is 5.58. The van der Waals surface area contributed by atoms with Gasteiger partial charge in [-0.25, -0.2) is 4.68 Å². The summed E-state index contributed by atoms with van der Waals surface area (Å²) in [5.41, 5.74) is 0.805. The number of hydrogen-bond acceptors (Lipinski definition) is 3. The quantitative estimate of drug-likeness (QED) is 0.714. The van der Waals surface area contributed by atoms with Gasteiger partial charge in [0, 0.05) is 32.1 Å². The second-order valence-electron chi connectivity index (χ2n) is 3.74. The van der Waals surface area contributed by atoms with E-state index in [0.29, 0.717) is 12.4 Å². The lowest BCUT2D eigenvalue weighted by Crippen LogP contribution is -2.26. The van der Waals surface area contributed by atoms with Crippen LogP contribution < -0.4 is 10.5 Å². The number of rotatable bonds is 6. The SMILES string of the molecule is CCCN(C)c1cnn(CCCCl)c(=O)c1. The summed E-state index contributed by atoms with van der Waals surface area (Å²) in [5.74, 6) is 0.547. The minimum Gasteiger partial charge on any atom is -0.373 e. The van der Waals surface area contributed by atoms with Crippen molar-refractivity contribution < 1.29 is 0 Å². The van der Waals surface area contributed by atoms with E-state index in [1.807, 2.05) is 11.9 Å². The number of aryl methyl sites for hydroxylation is 1. The van der Waals surface area contributed by atoms with Gasteiger partial charge in [-0.15, -0.1) is 11.6 Å². The van der Waals surface area contributed by atoms with Crippen molar-refractivity contribution in [1.82, 2.24) is 9.78 Å². The summed E-state index contributed by atoms with van der Waals surface area (Å²) in [6.07, 6.45) is 3.54. The van der Waals surface area contributed by atoms with E-state index in [1.54, 1.807) is 12.3 Å². The highest BCUT2D eigenvalue weighted by Crippen LogP contribution is 2.07. The summed E-state index contributed by atoms with van der Waals surface area (Å²) < 4.78 is 1.45. The van der Waals surface area contributed by atoms with E-state index >= 15 is 0 Å². The van der Waals surface area contributed by atoms with Crippen LogP contribution in [-0.2, 0) is 6.54 Å². The molecule has 0 saturated heterocycles. The van der Waals surface area contributed by atoms with Crippen LogP contribution in [0.25, 0.3) is 0 Å². The minimum absolute atomic E-state index is 0.0643. The highest BCUT2D eigenvalue weighted by molar-refractivity contribution is 6.17. The number of hydrogen-bond donors (Lipinski definition) is 0. The summed E-state index contributed by atoms with van der Waals surface area (Å²) in [5, 5.41) is 4.12. The van der Waals surface area contributed by atoms with Crippen LogP contribution in [0.15, 0.2) is 17.1 Å². The zero-order chi connectivity index (χ0) is 12.0. The first-order chi connectivity index (χ1) is 7.69. The van der Waals surface area contributed by atoms with E-state index in [2.05, 4.69) is 12.0 Å². The Morgan fingerprint density at radius 1 is 1.56 bits per heavy atom. The lowest BCUT2D eigenvalue weighted by molar-refractivity contribution is 0.569. The Morgan fingerprint density at radius 3 is 2.88 bits per heavy atom. The summed E-state index contributed by atoms with van der Waals surface area (Å²) in [6, 6.07) is 1.62. The Bertz CT molecular complexity index is 378. The van der Waals surface area contributed by atoms with Crippen molar-refractivity contribution in [2.45, 2.75) is 26.3 Å². The van der Waals surface area contributed by atoms with Gasteiger partial charge in [-0.3, -0.25) is 4.79 Å². The molecule has 0 spiro atoms. The third-order valence-electron chi connectivity index (χ3n) is 2.36. The highest BCUT2D eigenvalue weighted by atomic mass is 35.5. The van der Waals surface area contributed by atoms with E-state index in [0.717, 1.165) is 25.1 Å². The van der Waals surface area contributed by atoms with Gasteiger partial charge in [-0.1, -0.05) is 6.92 Å². The maximum absolute atomic E-state index is 11.7. The van der Waals surface area contributed by atoms with Crippen LogP contribution in [0.3, 0.4) is 0 Å². The smallest absolute Gasteiger partial charge is 0.268 e. The lowest BCUT2D eigenvalue weighted by atomic mass is 10.3. The molecule has 0 aliphatic carbocycles. The van der Waals surface area contributed by atoms with E-state index in [-0.39, 0.29) is 5.56 Å². The van der Waals surface area contributed by atoms with E-state index in [4.69, 9.17) is 11.6 Å². The number of anilines is 1. The lowest BCUT2D eigenvalue weighted by Gasteiger charge is -2.17. The first-order valence-corrected chi connectivity index (χ1v) is 6.06. The largest absolute Gasteiger partial charge is 0.373 e. The maximum Gasteiger partial charge on any atom is 0.268 e. The van der Waals surface area contributed by atoms with E-state index < -0.39 is 0 Å². The van der Waals surface area contributed by atoms with Crippen molar-refractivity contribution >= 4 is 17.3 Å². The highest BCUT2D eigenvalue weighted by Gasteiger charge is 2.03. The molecule has 5 heteroatoms. The molecule has 0 aliphatic heterocycles. The van der Waals surface area contributed by atoms with E-state index in [1.165, 1.54) is 4.68 Å². The summed E-state index contributed by atoms with van der Waals surface area (Å²) in [6.45, 7) is 3.61. The first kappa shape index (κ1) is 13.0. The van der Waals surface area contributed by atoms with Crippen molar-refractivity contribution in [3.05, 3.63) is 22.6 Å². The van der Waals surface area contributed by atoms with E-state index in [9.17, 15) is 4.79 Å². The molecule has 0 saturated carbocycles. The van der Waals surface area contributed by atoms with Crippen LogP contribution in [0.4, 0.5) is 5.69 Å². The van der Waals surface area contributed by atoms with Crippen molar-refractivity contribution in [1.29, 1.82) is 0 Å². The van der Waals surface area contributed by atoms with Gasteiger partial charge in [0.15, 0.2) is 0 Å². The number of nitrogens with zero attached hydrogens (tertiary/aromatic N) is 3. The van der Waals surface area contributed by atoms with Crippen molar-refractivity contribution in [3.8, 4) is 0 Å². The first-order valence-electron chi connectivity index (χ1n) is 5.53. The third kappa shape index (κ3) is 3.52. The van der Waals surface area contributed by atoms with Crippen molar-refractivity contribution in [3.63, 3.8) is 0 Å². The van der Waals surface area contributed by atoms with Gasteiger partial charge < -0.3 is 4.90 Å². The Kier molecular flexibility index (Phi) is 5.32. The van der Waals surface area contributed by atoms with Gasteiger partial charge in [-0.2, -0.15) is 5.10 Å². The molecule has 16 heavy (non-hydrogen) atoms. The number of alkyl halides is 1. The van der Waals surface area contributed by atoms with Gasteiger partial charge >= 0.3 is 0 Å². The normalized spacial score (nSPS) is 10.4. The fourth-order valence-electron chi connectivity index (χ4n) is 1.47. The molecule has 1 heterocycles. The molecule has 1 aromatic heterocycles. The van der Waals surface area contributed by atoms with Crippen LogP contribution in [0, 0.1) is 0 Å². The molecule has 90 valence electrons. The second-order valence-corrected chi connectivity index (χ2v) is 4.12. The zero-order valence-corrected chi connectivity index (χ0v) is 10.6. The maximum atomic E-state index is 11.7. The number of halogens is 1. The molecule has 0 N–H and O–H groups in total. The Hall–Kier alpha value is -1.03. The Morgan fingerprint density at radius 2 is 2.31 bits per heavy atom. The molecule has 0 unspecified atom stereocenters. The van der Waals surface area contributed by atoms with Crippen LogP contribution in [0.5, 0.6) is 0 Å².